The van der Waals surface area contributed by atoms with Gasteiger partial charge < -0.3 is 10.6 Å². The van der Waals surface area contributed by atoms with Gasteiger partial charge in [0.2, 0.25) is 5.91 Å². The zero-order chi connectivity index (χ0) is 21.8. The minimum atomic E-state index is -0.0391. The van der Waals surface area contributed by atoms with Gasteiger partial charge in [-0.2, -0.15) is 0 Å². The zero-order valence-electron chi connectivity index (χ0n) is 18.7. The number of rotatable bonds is 7. The van der Waals surface area contributed by atoms with Gasteiger partial charge in [0.15, 0.2) is 0 Å². The van der Waals surface area contributed by atoms with E-state index in [1.165, 1.54) is 37.7 Å². The molecular weight excluding hydrogens is 402 g/mol. The molecule has 0 spiro atoms. The first-order chi connectivity index (χ1) is 15.7. The molecule has 4 atom stereocenters. The standard InChI is InChI=1S/C24H35N7O/c32-23(14-25-19-9-5-2-6-10-19)26-24-20-13-18(11-12-21(20)27-29-24)22-16-31(30-28-22)15-17-7-3-1-4-8-17/h1,3-4,7-8,16,18-21,24-25,27,29H,2,5-6,9-15H2,(H,26,32). The first kappa shape index (κ1) is 21.6. The largest absolute Gasteiger partial charge is 0.338 e. The molecule has 2 aromatic rings. The number of nitrogens with one attached hydrogen (secondary N) is 4. The highest BCUT2D eigenvalue weighted by molar-refractivity contribution is 5.78. The number of carbonyl (C=O) groups excluding carboxylic acids is 1. The first-order valence-electron chi connectivity index (χ1n) is 12.2. The van der Waals surface area contributed by atoms with Crippen molar-refractivity contribution in [2.75, 3.05) is 6.54 Å². The van der Waals surface area contributed by atoms with Gasteiger partial charge in [-0.05, 0) is 37.7 Å². The lowest BCUT2D eigenvalue weighted by atomic mass is 9.76. The normalized spacial score (nSPS) is 28.4. The van der Waals surface area contributed by atoms with Crippen molar-refractivity contribution in [3.63, 3.8) is 0 Å². The average molecular weight is 438 g/mol. The van der Waals surface area contributed by atoms with Gasteiger partial charge in [-0.1, -0.05) is 54.8 Å². The van der Waals surface area contributed by atoms with E-state index < -0.39 is 0 Å². The Morgan fingerprint density at radius 2 is 1.91 bits per heavy atom. The summed E-state index contributed by atoms with van der Waals surface area (Å²) in [6.45, 7) is 1.14. The lowest BCUT2D eigenvalue weighted by Crippen LogP contribution is -2.50. The molecule has 8 heteroatoms. The highest BCUT2D eigenvalue weighted by Gasteiger charge is 2.42. The van der Waals surface area contributed by atoms with Crippen LogP contribution in [0.3, 0.4) is 0 Å². The average Bonchev–Trinajstić information content (AvgIpc) is 3.46. The molecule has 2 heterocycles. The third-order valence-electron chi connectivity index (χ3n) is 7.39. The molecule has 3 fully saturated rings. The fourth-order valence-electron chi connectivity index (χ4n) is 5.59. The van der Waals surface area contributed by atoms with E-state index in [2.05, 4.69) is 50.1 Å². The number of nitrogens with zero attached hydrogens (tertiary/aromatic N) is 3. The molecule has 2 saturated carbocycles. The SMILES string of the molecule is O=C(CNC1CCCCC1)NC1NNC2CCC(c3cn(Cc4ccccc4)nn3)CC21. The van der Waals surface area contributed by atoms with Crippen LogP contribution < -0.4 is 21.5 Å². The summed E-state index contributed by atoms with van der Waals surface area (Å²) in [6, 6.07) is 11.2. The number of fused-ring (bicyclic) bond motifs is 1. The van der Waals surface area contributed by atoms with Crippen molar-refractivity contribution in [2.24, 2.45) is 5.92 Å². The molecule has 0 radical (unpaired) electrons. The molecule has 1 aromatic carbocycles. The Balaban J connectivity index is 1.14. The number of hydrogen-bond acceptors (Lipinski definition) is 6. The maximum atomic E-state index is 12.6. The Morgan fingerprint density at radius 1 is 1.06 bits per heavy atom. The second kappa shape index (κ2) is 10.1. The van der Waals surface area contributed by atoms with Crippen LogP contribution in [0, 0.1) is 5.92 Å². The zero-order valence-corrected chi connectivity index (χ0v) is 18.7. The van der Waals surface area contributed by atoms with Gasteiger partial charge in [0.05, 0.1) is 24.9 Å². The van der Waals surface area contributed by atoms with Crippen molar-refractivity contribution in [3.05, 3.63) is 47.8 Å². The third kappa shape index (κ3) is 5.19. The molecule has 0 bridgehead atoms. The summed E-state index contributed by atoms with van der Waals surface area (Å²) in [5.74, 6) is 0.806. The van der Waals surface area contributed by atoms with Crippen LogP contribution in [-0.2, 0) is 11.3 Å². The maximum Gasteiger partial charge on any atom is 0.235 e. The number of hydrogen-bond donors (Lipinski definition) is 4. The fraction of sp³-hybridized carbons (Fsp3) is 0.625. The molecule has 172 valence electrons. The van der Waals surface area contributed by atoms with Crippen LogP contribution in [0.1, 0.15) is 68.5 Å². The van der Waals surface area contributed by atoms with Gasteiger partial charge in [0.25, 0.3) is 0 Å². The Morgan fingerprint density at radius 3 is 2.75 bits per heavy atom. The van der Waals surface area contributed by atoms with E-state index in [4.69, 9.17) is 0 Å². The molecule has 1 saturated heterocycles. The number of hydrazine groups is 1. The van der Waals surface area contributed by atoms with Gasteiger partial charge in [0.1, 0.15) is 0 Å². The van der Waals surface area contributed by atoms with E-state index >= 15 is 0 Å². The molecule has 2 aliphatic carbocycles. The molecule has 1 aliphatic heterocycles. The van der Waals surface area contributed by atoms with E-state index in [1.807, 2.05) is 22.9 Å². The molecule has 3 aliphatic rings. The van der Waals surface area contributed by atoms with Crippen molar-refractivity contribution in [1.29, 1.82) is 0 Å². The fourth-order valence-corrected chi connectivity index (χ4v) is 5.59. The number of benzene rings is 1. The maximum absolute atomic E-state index is 12.6. The third-order valence-corrected chi connectivity index (χ3v) is 7.39. The molecule has 8 nitrogen and oxygen atoms in total. The topological polar surface area (TPSA) is 95.9 Å². The van der Waals surface area contributed by atoms with Crippen LogP contribution >= 0.6 is 0 Å². The van der Waals surface area contributed by atoms with Crippen LogP contribution in [-0.4, -0.2) is 45.7 Å². The Labute approximate surface area is 189 Å². The monoisotopic (exact) mass is 437 g/mol. The summed E-state index contributed by atoms with van der Waals surface area (Å²) in [5, 5.41) is 15.5. The van der Waals surface area contributed by atoms with Crippen molar-refractivity contribution in [2.45, 2.75) is 82.1 Å². The first-order valence-corrected chi connectivity index (χ1v) is 12.2. The van der Waals surface area contributed by atoms with Crippen LogP contribution in [0.15, 0.2) is 36.5 Å². The summed E-state index contributed by atoms with van der Waals surface area (Å²) < 4.78 is 1.93. The van der Waals surface area contributed by atoms with E-state index in [1.54, 1.807) is 0 Å². The number of amides is 1. The van der Waals surface area contributed by atoms with Crippen molar-refractivity contribution in [3.8, 4) is 0 Å². The summed E-state index contributed by atoms with van der Waals surface area (Å²) in [6.07, 6.45) is 11.5. The van der Waals surface area contributed by atoms with Crippen LogP contribution in [0.25, 0.3) is 0 Å². The Kier molecular flexibility index (Phi) is 6.80. The Bertz CT molecular complexity index is 879. The van der Waals surface area contributed by atoms with Gasteiger partial charge in [-0.25, -0.2) is 10.1 Å². The van der Waals surface area contributed by atoms with Gasteiger partial charge in [-0.3, -0.25) is 10.2 Å². The van der Waals surface area contributed by atoms with E-state index in [0.717, 1.165) is 31.5 Å². The molecular formula is C24H35N7O. The van der Waals surface area contributed by atoms with Crippen molar-refractivity contribution in [1.82, 2.24) is 36.5 Å². The van der Waals surface area contributed by atoms with Gasteiger partial charge in [0, 0.05) is 30.1 Å². The highest BCUT2D eigenvalue weighted by Crippen LogP contribution is 2.38. The summed E-state index contributed by atoms with van der Waals surface area (Å²) in [7, 11) is 0. The summed E-state index contributed by atoms with van der Waals surface area (Å²) in [4.78, 5) is 12.6. The second-order valence-electron chi connectivity index (χ2n) is 9.66. The van der Waals surface area contributed by atoms with Gasteiger partial charge in [-0.15, -0.1) is 5.10 Å². The predicted molar refractivity (Wildman–Crippen MR) is 123 cm³/mol. The molecule has 4 N–H and O–H groups in total. The van der Waals surface area contributed by atoms with Crippen LogP contribution in [0.5, 0.6) is 0 Å². The van der Waals surface area contributed by atoms with Crippen LogP contribution in [0.2, 0.25) is 0 Å². The number of aromatic nitrogens is 3. The smallest absolute Gasteiger partial charge is 0.235 e. The van der Waals surface area contributed by atoms with E-state index in [0.29, 0.717) is 30.5 Å². The lowest BCUT2D eigenvalue weighted by molar-refractivity contribution is -0.121. The molecule has 1 amide bonds. The second-order valence-corrected chi connectivity index (χ2v) is 9.66. The van der Waals surface area contributed by atoms with E-state index in [-0.39, 0.29) is 12.1 Å². The summed E-state index contributed by atoms with van der Waals surface area (Å²) in [5.41, 5.74) is 9.02. The molecule has 1 aromatic heterocycles. The Hall–Kier alpha value is -2.29. The molecule has 32 heavy (non-hydrogen) atoms. The lowest BCUT2D eigenvalue weighted by Gasteiger charge is -2.32. The van der Waals surface area contributed by atoms with Crippen molar-refractivity contribution >= 4 is 5.91 Å². The van der Waals surface area contributed by atoms with E-state index in [9.17, 15) is 4.79 Å². The van der Waals surface area contributed by atoms with Gasteiger partial charge >= 0.3 is 0 Å². The highest BCUT2D eigenvalue weighted by atomic mass is 16.2. The number of carbonyl (C=O) groups is 1. The minimum Gasteiger partial charge on any atom is -0.338 e. The quantitative estimate of drug-likeness (QED) is 0.530. The van der Waals surface area contributed by atoms with Crippen LogP contribution in [0.4, 0.5) is 0 Å². The minimum absolute atomic E-state index is 0.0391. The molecule has 4 unspecified atom stereocenters. The predicted octanol–water partition coefficient (Wildman–Crippen LogP) is 2.05. The van der Waals surface area contributed by atoms with Crippen molar-refractivity contribution < 1.29 is 4.79 Å². The summed E-state index contributed by atoms with van der Waals surface area (Å²) >= 11 is 0. The molecule has 5 rings (SSSR count).